The Hall–Kier alpha value is -2.59. The molecular weight excluding hydrogens is 374 g/mol. The van der Waals surface area contributed by atoms with Gasteiger partial charge in [-0.1, -0.05) is 60.7 Å². The predicted octanol–water partition coefficient (Wildman–Crippen LogP) is 5.30. The third kappa shape index (κ3) is 3.59. The number of hydrogen-bond donors (Lipinski definition) is 1. The summed E-state index contributed by atoms with van der Waals surface area (Å²) in [6, 6.07) is 24.9. The molecule has 0 atom stereocenters. The zero-order chi connectivity index (χ0) is 17.1. The average molecular weight is 392 g/mol. The van der Waals surface area contributed by atoms with Crippen LogP contribution in [-0.2, 0) is 13.0 Å². The Kier molecular flexibility index (Phi) is 4.53. The largest absolute Gasteiger partial charge is 0.366 e. The van der Waals surface area contributed by atoms with Crippen LogP contribution in [0.1, 0.15) is 16.8 Å². The third-order valence-electron chi connectivity index (χ3n) is 4.17. The summed E-state index contributed by atoms with van der Waals surface area (Å²) in [5.74, 6) is 1.05. The van der Waals surface area contributed by atoms with Crippen LogP contribution < -0.4 is 5.32 Å². The molecule has 2 heterocycles. The molecule has 0 saturated heterocycles. The van der Waals surface area contributed by atoms with Gasteiger partial charge in [-0.3, -0.25) is 4.40 Å². The number of imidazole rings is 1. The summed E-state index contributed by atoms with van der Waals surface area (Å²) >= 11 is 3.56. The number of aromatic nitrogens is 2. The van der Waals surface area contributed by atoms with E-state index in [0.29, 0.717) is 0 Å². The summed E-state index contributed by atoms with van der Waals surface area (Å²) in [6.07, 6.45) is 2.86. The first kappa shape index (κ1) is 15.9. The van der Waals surface area contributed by atoms with E-state index < -0.39 is 0 Å². The topological polar surface area (TPSA) is 29.3 Å². The van der Waals surface area contributed by atoms with Crippen LogP contribution in [0.2, 0.25) is 0 Å². The molecule has 0 spiro atoms. The van der Waals surface area contributed by atoms with E-state index in [-0.39, 0.29) is 0 Å². The van der Waals surface area contributed by atoms with Crippen LogP contribution in [0.15, 0.2) is 83.5 Å². The van der Waals surface area contributed by atoms with Crippen LogP contribution in [0.4, 0.5) is 5.82 Å². The van der Waals surface area contributed by atoms with E-state index >= 15 is 0 Å². The first-order valence-corrected chi connectivity index (χ1v) is 9.07. The summed E-state index contributed by atoms with van der Waals surface area (Å²) in [4.78, 5) is 4.84. The second-order valence-corrected chi connectivity index (χ2v) is 6.90. The van der Waals surface area contributed by atoms with Gasteiger partial charge in [0.05, 0.1) is 5.69 Å². The summed E-state index contributed by atoms with van der Waals surface area (Å²) in [6.45, 7) is 0.767. The Balaban J connectivity index is 1.70. The minimum absolute atomic E-state index is 0.767. The summed E-state index contributed by atoms with van der Waals surface area (Å²) in [5.41, 5.74) is 4.51. The van der Waals surface area contributed by atoms with Gasteiger partial charge >= 0.3 is 0 Å². The van der Waals surface area contributed by atoms with Gasteiger partial charge in [0, 0.05) is 23.6 Å². The van der Waals surface area contributed by atoms with E-state index in [9.17, 15) is 0 Å². The zero-order valence-electron chi connectivity index (χ0n) is 13.7. The highest BCUT2D eigenvalue weighted by Crippen LogP contribution is 2.24. The number of nitrogens with zero attached hydrogens (tertiary/aromatic N) is 2. The van der Waals surface area contributed by atoms with Crippen molar-refractivity contribution in [2.45, 2.75) is 13.0 Å². The van der Waals surface area contributed by atoms with Gasteiger partial charge in [0.25, 0.3) is 0 Å². The predicted molar refractivity (Wildman–Crippen MR) is 106 cm³/mol. The Labute approximate surface area is 155 Å². The van der Waals surface area contributed by atoms with E-state index in [0.717, 1.165) is 34.6 Å². The highest BCUT2D eigenvalue weighted by atomic mass is 79.9. The highest BCUT2D eigenvalue weighted by molar-refractivity contribution is 9.10. The van der Waals surface area contributed by atoms with Crippen LogP contribution in [0.5, 0.6) is 0 Å². The maximum Gasteiger partial charge on any atom is 0.138 e. The molecular formula is C21H18BrN3. The van der Waals surface area contributed by atoms with Gasteiger partial charge in [-0.05, 0) is 39.2 Å². The molecule has 3 nitrogen and oxygen atoms in total. The lowest BCUT2D eigenvalue weighted by Gasteiger charge is -2.09. The highest BCUT2D eigenvalue weighted by Gasteiger charge is 2.13. The van der Waals surface area contributed by atoms with Crippen molar-refractivity contribution in [1.82, 2.24) is 9.38 Å². The first-order chi connectivity index (χ1) is 12.3. The molecule has 2 aromatic heterocycles. The molecule has 0 bridgehead atoms. The third-order valence-corrected chi connectivity index (χ3v) is 4.64. The van der Waals surface area contributed by atoms with Crippen molar-refractivity contribution in [3.8, 4) is 0 Å². The van der Waals surface area contributed by atoms with Crippen LogP contribution in [0, 0.1) is 0 Å². The van der Waals surface area contributed by atoms with Gasteiger partial charge in [0.2, 0.25) is 0 Å². The molecule has 25 heavy (non-hydrogen) atoms. The Morgan fingerprint density at radius 2 is 1.52 bits per heavy atom. The molecule has 4 aromatic rings. The first-order valence-electron chi connectivity index (χ1n) is 8.28. The lowest BCUT2D eigenvalue weighted by atomic mass is 10.1. The monoisotopic (exact) mass is 391 g/mol. The number of hydrogen-bond acceptors (Lipinski definition) is 2. The van der Waals surface area contributed by atoms with Gasteiger partial charge in [-0.15, -0.1) is 0 Å². The fourth-order valence-electron chi connectivity index (χ4n) is 2.95. The normalized spacial score (nSPS) is 10.9. The number of pyridine rings is 1. The van der Waals surface area contributed by atoms with Crippen molar-refractivity contribution in [1.29, 1.82) is 0 Å². The quantitative estimate of drug-likeness (QED) is 0.500. The summed E-state index contributed by atoms with van der Waals surface area (Å²) in [7, 11) is 0. The van der Waals surface area contributed by atoms with Crippen LogP contribution in [0.3, 0.4) is 0 Å². The fourth-order valence-corrected chi connectivity index (χ4v) is 3.29. The maximum atomic E-state index is 4.84. The van der Waals surface area contributed by atoms with Gasteiger partial charge in [-0.2, -0.15) is 0 Å². The van der Waals surface area contributed by atoms with Gasteiger partial charge < -0.3 is 5.32 Å². The smallest absolute Gasteiger partial charge is 0.138 e. The number of anilines is 1. The number of fused-ring (bicyclic) bond motifs is 1. The van der Waals surface area contributed by atoms with Gasteiger partial charge in [-0.25, -0.2) is 4.98 Å². The van der Waals surface area contributed by atoms with Crippen molar-refractivity contribution in [2.24, 2.45) is 0 Å². The molecule has 4 rings (SSSR count). The Bertz CT molecular complexity index is 978. The molecule has 0 saturated carbocycles. The van der Waals surface area contributed by atoms with Gasteiger partial charge in [0.1, 0.15) is 11.5 Å². The van der Waals surface area contributed by atoms with Gasteiger partial charge in [0.15, 0.2) is 0 Å². The standard InChI is InChI=1S/C21H18BrN3/c22-18-11-12-20-24-19(13-16-7-3-1-4-8-16)21(25(20)15-18)23-14-17-9-5-2-6-10-17/h1-12,15,23H,13-14H2. The van der Waals surface area contributed by atoms with Crippen molar-refractivity contribution >= 4 is 27.4 Å². The molecule has 0 aliphatic heterocycles. The van der Waals surface area contributed by atoms with Crippen LogP contribution in [-0.4, -0.2) is 9.38 Å². The zero-order valence-corrected chi connectivity index (χ0v) is 15.3. The molecule has 0 amide bonds. The summed E-state index contributed by atoms with van der Waals surface area (Å²) in [5, 5.41) is 3.58. The van der Waals surface area contributed by atoms with E-state index in [1.54, 1.807) is 0 Å². The maximum absolute atomic E-state index is 4.84. The minimum atomic E-state index is 0.767. The molecule has 0 aliphatic carbocycles. The number of nitrogens with one attached hydrogen (secondary N) is 1. The molecule has 0 radical (unpaired) electrons. The van der Waals surface area contributed by atoms with Crippen molar-refractivity contribution < 1.29 is 0 Å². The lowest BCUT2D eigenvalue weighted by Crippen LogP contribution is -2.05. The van der Waals surface area contributed by atoms with Crippen molar-refractivity contribution in [3.05, 3.63) is 100 Å². The molecule has 2 aromatic carbocycles. The van der Waals surface area contributed by atoms with Crippen LogP contribution in [0.25, 0.3) is 5.65 Å². The SMILES string of the molecule is Brc1ccc2nc(Cc3ccccc3)c(NCc3ccccc3)n2c1. The van der Waals surface area contributed by atoms with Crippen molar-refractivity contribution in [3.63, 3.8) is 0 Å². The molecule has 0 unspecified atom stereocenters. The summed E-state index contributed by atoms with van der Waals surface area (Å²) < 4.78 is 3.15. The molecule has 4 heteroatoms. The fraction of sp³-hybridized carbons (Fsp3) is 0.0952. The van der Waals surface area contributed by atoms with E-state index in [1.807, 2.05) is 24.3 Å². The van der Waals surface area contributed by atoms with E-state index in [2.05, 4.69) is 80.4 Å². The Morgan fingerprint density at radius 3 is 2.24 bits per heavy atom. The molecule has 0 aliphatic rings. The van der Waals surface area contributed by atoms with E-state index in [4.69, 9.17) is 4.98 Å². The van der Waals surface area contributed by atoms with Crippen LogP contribution >= 0.6 is 15.9 Å². The Morgan fingerprint density at radius 1 is 0.840 bits per heavy atom. The van der Waals surface area contributed by atoms with Crippen molar-refractivity contribution in [2.75, 3.05) is 5.32 Å². The molecule has 1 N–H and O–H groups in total. The second-order valence-electron chi connectivity index (χ2n) is 5.98. The minimum Gasteiger partial charge on any atom is -0.366 e. The molecule has 124 valence electrons. The van der Waals surface area contributed by atoms with E-state index in [1.165, 1.54) is 11.1 Å². The number of halogens is 1. The molecule has 0 fully saturated rings. The lowest BCUT2D eigenvalue weighted by molar-refractivity contribution is 1.05. The number of benzene rings is 2. The second kappa shape index (κ2) is 7.11. The average Bonchev–Trinajstić information content (AvgIpc) is 2.98. The number of rotatable bonds is 5.